The van der Waals surface area contributed by atoms with Crippen LogP contribution in [0.2, 0.25) is 0 Å². The van der Waals surface area contributed by atoms with E-state index in [1.165, 1.54) is 0 Å². The number of rotatable bonds is 4. The fourth-order valence-corrected chi connectivity index (χ4v) is 2.50. The molecule has 0 saturated heterocycles. The largest absolute Gasteiger partial charge is 0.496 e. The third-order valence-corrected chi connectivity index (χ3v) is 3.90. The van der Waals surface area contributed by atoms with Crippen molar-refractivity contribution < 1.29 is 4.74 Å². The Morgan fingerprint density at radius 2 is 2.05 bits per heavy atom. The summed E-state index contributed by atoms with van der Waals surface area (Å²) in [6.45, 7) is 6.00. The van der Waals surface area contributed by atoms with E-state index in [4.69, 9.17) is 10.00 Å². The number of nitriles is 1. The quantitative estimate of drug-likeness (QED) is 0.865. The molecule has 0 radical (unpaired) electrons. The average Bonchev–Trinajstić information content (AvgIpc) is 2.53. The van der Waals surface area contributed by atoms with Crippen LogP contribution in [0.25, 0.3) is 11.3 Å². The lowest BCUT2D eigenvalue weighted by molar-refractivity contribution is 0.415. The number of benzene rings is 1. The first-order valence-electron chi connectivity index (χ1n) is 7.34. The molecule has 2 aromatic rings. The normalized spacial score (nSPS) is 11.8. The van der Waals surface area contributed by atoms with Crippen LogP contribution in [-0.2, 0) is 0 Å². The first-order valence-corrected chi connectivity index (χ1v) is 7.34. The van der Waals surface area contributed by atoms with Gasteiger partial charge in [0.25, 0.3) is 5.56 Å². The fourth-order valence-electron chi connectivity index (χ4n) is 2.50. The summed E-state index contributed by atoms with van der Waals surface area (Å²) >= 11 is 0. The van der Waals surface area contributed by atoms with Gasteiger partial charge in [0.15, 0.2) is 0 Å². The fraction of sp³-hybridized carbons (Fsp3) is 0.333. The summed E-state index contributed by atoms with van der Waals surface area (Å²) in [7, 11) is 1.61. The second kappa shape index (κ2) is 6.48. The second-order valence-electron chi connectivity index (χ2n) is 5.38. The van der Waals surface area contributed by atoms with Crippen LogP contribution in [0, 0.1) is 18.3 Å². The van der Waals surface area contributed by atoms with Crippen molar-refractivity contribution in [1.29, 1.82) is 5.26 Å². The number of nitrogens with zero attached hydrogens (tertiary/aromatic N) is 2. The van der Waals surface area contributed by atoms with E-state index in [1.807, 2.05) is 51.1 Å². The number of aryl methyl sites for hydroxylation is 1. The number of ether oxygens (including phenoxy) is 1. The molecule has 22 heavy (non-hydrogen) atoms. The summed E-state index contributed by atoms with van der Waals surface area (Å²) in [6, 6.07) is 11.2. The van der Waals surface area contributed by atoms with E-state index < -0.39 is 0 Å². The van der Waals surface area contributed by atoms with Crippen LogP contribution < -0.4 is 10.3 Å². The second-order valence-corrected chi connectivity index (χ2v) is 5.38. The first kappa shape index (κ1) is 15.8. The number of hydrogen-bond acceptors (Lipinski definition) is 3. The van der Waals surface area contributed by atoms with Gasteiger partial charge in [-0.2, -0.15) is 5.26 Å². The molecule has 0 amide bonds. The number of hydrogen-bond donors (Lipinski definition) is 0. The zero-order valence-electron chi connectivity index (χ0n) is 13.4. The minimum atomic E-state index is -0.252. The molecule has 1 aromatic heterocycles. The van der Waals surface area contributed by atoms with Crippen LogP contribution in [0.3, 0.4) is 0 Å². The number of methoxy groups -OCH3 is 1. The molecule has 0 bridgehead atoms. The third-order valence-electron chi connectivity index (χ3n) is 3.90. The van der Waals surface area contributed by atoms with Gasteiger partial charge in [-0.15, -0.1) is 0 Å². The van der Waals surface area contributed by atoms with Gasteiger partial charge in [-0.25, -0.2) is 0 Å². The van der Waals surface area contributed by atoms with Crippen LogP contribution >= 0.6 is 0 Å². The minimum Gasteiger partial charge on any atom is -0.496 e. The highest BCUT2D eigenvalue weighted by Gasteiger charge is 2.17. The van der Waals surface area contributed by atoms with Crippen molar-refractivity contribution in [2.45, 2.75) is 33.2 Å². The third kappa shape index (κ3) is 2.75. The Morgan fingerprint density at radius 1 is 1.32 bits per heavy atom. The lowest BCUT2D eigenvalue weighted by Gasteiger charge is -2.20. The molecule has 1 heterocycles. The van der Waals surface area contributed by atoms with E-state index in [0.717, 1.165) is 23.2 Å². The smallest absolute Gasteiger partial charge is 0.269 e. The van der Waals surface area contributed by atoms with Crippen LogP contribution in [0.4, 0.5) is 0 Å². The maximum absolute atomic E-state index is 12.6. The molecule has 0 aliphatic heterocycles. The molecule has 1 unspecified atom stereocenters. The van der Waals surface area contributed by atoms with Crippen molar-refractivity contribution in [3.8, 4) is 23.1 Å². The molecule has 114 valence electrons. The van der Waals surface area contributed by atoms with Crippen molar-refractivity contribution in [2.75, 3.05) is 7.11 Å². The van der Waals surface area contributed by atoms with Crippen molar-refractivity contribution in [1.82, 2.24) is 4.57 Å². The zero-order chi connectivity index (χ0) is 16.3. The lowest BCUT2D eigenvalue weighted by atomic mass is 10.0. The van der Waals surface area contributed by atoms with Crippen LogP contribution in [-0.4, -0.2) is 11.7 Å². The molecule has 0 aliphatic rings. The van der Waals surface area contributed by atoms with Crippen molar-refractivity contribution >= 4 is 0 Å². The van der Waals surface area contributed by atoms with Crippen molar-refractivity contribution in [2.24, 2.45) is 0 Å². The summed E-state index contributed by atoms with van der Waals surface area (Å²) in [5.41, 5.74) is 2.64. The highest BCUT2D eigenvalue weighted by molar-refractivity contribution is 5.69. The van der Waals surface area contributed by atoms with Gasteiger partial charge in [0, 0.05) is 11.6 Å². The highest BCUT2D eigenvalue weighted by Crippen LogP contribution is 2.32. The Bertz CT molecular complexity index is 785. The number of aromatic nitrogens is 1. The van der Waals surface area contributed by atoms with Gasteiger partial charge in [0.1, 0.15) is 17.4 Å². The standard InChI is InChI=1S/C18H20N2O2/c1-5-13(3)20-16(8-7-14(11-19)18(20)21)15-10-12(2)6-9-17(15)22-4/h6-10,13H,5H2,1-4H3. The maximum Gasteiger partial charge on any atom is 0.269 e. The maximum atomic E-state index is 12.6. The van der Waals surface area contributed by atoms with E-state index in [9.17, 15) is 4.79 Å². The summed E-state index contributed by atoms with van der Waals surface area (Å²) in [4.78, 5) is 12.6. The van der Waals surface area contributed by atoms with E-state index in [1.54, 1.807) is 17.7 Å². The van der Waals surface area contributed by atoms with Gasteiger partial charge >= 0.3 is 0 Å². The van der Waals surface area contributed by atoms with Crippen LogP contribution in [0.1, 0.15) is 37.4 Å². The molecule has 4 nitrogen and oxygen atoms in total. The van der Waals surface area contributed by atoms with Gasteiger partial charge in [-0.1, -0.05) is 18.6 Å². The Kier molecular flexibility index (Phi) is 4.67. The summed E-state index contributed by atoms with van der Waals surface area (Å²) < 4.78 is 7.13. The van der Waals surface area contributed by atoms with E-state index >= 15 is 0 Å². The van der Waals surface area contributed by atoms with E-state index in [-0.39, 0.29) is 17.2 Å². The molecule has 0 fully saturated rings. The molecule has 2 rings (SSSR count). The molecule has 1 aromatic carbocycles. The molecule has 4 heteroatoms. The van der Waals surface area contributed by atoms with E-state index in [0.29, 0.717) is 5.75 Å². The van der Waals surface area contributed by atoms with Gasteiger partial charge in [0.05, 0.1) is 12.8 Å². The first-order chi connectivity index (χ1) is 10.5. The number of pyridine rings is 1. The van der Waals surface area contributed by atoms with Crippen LogP contribution in [0.5, 0.6) is 5.75 Å². The molecular weight excluding hydrogens is 276 g/mol. The summed E-state index contributed by atoms with van der Waals surface area (Å²) in [5.74, 6) is 0.715. The Morgan fingerprint density at radius 3 is 2.64 bits per heavy atom. The van der Waals surface area contributed by atoms with Crippen molar-refractivity contribution in [3.05, 3.63) is 51.8 Å². The molecule has 0 saturated carbocycles. The Hall–Kier alpha value is -2.54. The van der Waals surface area contributed by atoms with Crippen LogP contribution in [0.15, 0.2) is 35.1 Å². The molecule has 1 atom stereocenters. The zero-order valence-corrected chi connectivity index (χ0v) is 13.4. The van der Waals surface area contributed by atoms with Crippen molar-refractivity contribution in [3.63, 3.8) is 0 Å². The Balaban J connectivity index is 2.82. The predicted octanol–water partition coefficient (Wildman–Crippen LogP) is 3.68. The van der Waals surface area contributed by atoms with Gasteiger partial charge in [-0.3, -0.25) is 4.79 Å². The highest BCUT2D eigenvalue weighted by atomic mass is 16.5. The molecule has 0 spiro atoms. The topological polar surface area (TPSA) is 55.0 Å². The predicted molar refractivity (Wildman–Crippen MR) is 87.1 cm³/mol. The molecule has 0 aliphatic carbocycles. The SMILES string of the molecule is CCC(C)n1c(-c2cc(C)ccc2OC)ccc(C#N)c1=O. The summed E-state index contributed by atoms with van der Waals surface area (Å²) in [5, 5.41) is 9.12. The molecular formula is C18H20N2O2. The van der Waals surface area contributed by atoms with Gasteiger partial charge in [0.2, 0.25) is 0 Å². The van der Waals surface area contributed by atoms with Gasteiger partial charge in [-0.05, 0) is 44.5 Å². The van der Waals surface area contributed by atoms with Gasteiger partial charge < -0.3 is 9.30 Å². The average molecular weight is 296 g/mol. The molecule has 0 N–H and O–H groups in total. The summed E-state index contributed by atoms with van der Waals surface area (Å²) in [6.07, 6.45) is 0.802. The monoisotopic (exact) mass is 296 g/mol. The minimum absolute atomic E-state index is 0.000943. The van der Waals surface area contributed by atoms with E-state index in [2.05, 4.69) is 0 Å². The lowest BCUT2D eigenvalue weighted by Crippen LogP contribution is -2.26. The Labute approximate surface area is 130 Å².